The molecule has 0 aliphatic heterocycles. The van der Waals surface area contributed by atoms with E-state index in [1.54, 1.807) is 16.8 Å². The summed E-state index contributed by atoms with van der Waals surface area (Å²) in [5, 5.41) is 17.9. The molecule has 0 saturated heterocycles. The van der Waals surface area contributed by atoms with Crippen molar-refractivity contribution in [2.24, 2.45) is 0 Å². The van der Waals surface area contributed by atoms with Crippen molar-refractivity contribution >= 4 is 29.1 Å². The summed E-state index contributed by atoms with van der Waals surface area (Å²) in [7, 11) is 0. The van der Waals surface area contributed by atoms with Crippen molar-refractivity contribution in [3.05, 3.63) is 52.5 Å². The number of hydrogen-bond donors (Lipinski definition) is 3. The van der Waals surface area contributed by atoms with Crippen LogP contribution in [0.25, 0.3) is 0 Å². The molecule has 27 heavy (non-hydrogen) atoms. The average molecular weight is 394 g/mol. The standard InChI is InChI=1S/C18H19FN2O5S/c19-13-3-5-14(6-4-13)26-15(18(24)25)10-21-16(22)2-1-8-20-17(23)12-7-9-27-11-12/h3-7,9,11,15H,1-2,8,10H2,(H,20,23)(H,21,22)(H,24,25). The van der Waals surface area contributed by atoms with Crippen molar-refractivity contribution in [1.29, 1.82) is 0 Å². The van der Waals surface area contributed by atoms with Gasteiger partial charge in [-0.3, -0.25) is 9.59 Å². The van der Waals surface area contributed by atoms with Crippen LogP contribution in [0.15, 0.2) is 41.1 Å². The van der Waals surface area contributed by atoms with Crippen molar-refractivity contribution < 1.29 is 28.6 Å². The molecule has 2 aromatic rings. The highest BCUT2D eigenvalue weighted by Gasteiger charge is 2.20. The zero-order chi connectivity index (χ0) is 19.6. The summed E-state index contributed by atoms with van der Waals surface area (Å²) >= 11 is 1.42. The van der Waals surface area contributed by atoms with E-state index in [-0.39, 0.29) is 30.5 Å². The van der Waals surface area contributed by atoms with Gasteiger partial charge in [-0.1, -0.05) is 0 Å². The van der Waals surface area contributed by atoms with E-state index in [0.29, 0.717) is 18.5 Å². The number of halogens is 1. The monoisotopic (exact) mass is 394 g/mol. The van der Waals surface area contributed by atoms with Gasteiger partial charge in [0.1, 0.15) is 11.6 Å². The molecule has 2 amide bonds. The van der Waals surface area contributed by atoms with Gasteiger partial charge in [-0.15, -0.1) is 0 Å². The Labute approximate surface area is 159 Å². The molecule has 2 rings (SSSR count). The fraction of sp³-hybridized carbons (Fsp3) is 0.278. The number of hydrogen-bond acceptors (Lipinski definition) is 5. The molecule has 0 spiro atoms. The first-order valence-electron chi connectivity index (χ1n) is 8.18. The molecule has 3 N–H and O–H groups in total. The Morgan fingerprint density at radius 3 is 2.52 bits per heavy atom. The maximum atomic E-state index is 12.9. The van der Waals surface area contributed by atoms with Gasteiger partial charge in [0, 0.05) is 23.9 Å². The first kappa shape index (κ1) is 20.4. The van der Waals surface area contributed by atoms with E-state index in [4.69, 9.17) is 4.74 Å². The van der Waals surface area contributed by atoms with Gasteiger partial charge >= 0.3 is 5.97 Å². The molecular weight excluding hydrogens is 375 g/mol. The number of rotatable bonds is 10. The first-order valence-corrected chi connectivity index (χ1v) is 9.12. The molecule has 1 atom stereocenters. The van der Waals surface area contributed by atoms with E-state index in [0.717, 1.165) is 12.1 Å². The number of carbonyl (C=O) groups is 3. The number of carboxylic acid groups (broad SMARTS) is 1. The van der Waals surface area contributed by atoms with E-state index < -0.39 is 17.9 Å². The highest BCUT2D eigenvalue weighted by molar-refractivity contribution is 7.08. The molecule has 144 valence electrons. The van der Waals surface area contributed by atoms with Crippen LogP contribution in [-0.2, 0) is 9.59 Å². The first-order chi connectivity index (χ1) is 13.0. The number of nitrogens with one attached hydrogen (secondary N) is 2. The Kier molecular flexibility index (Phi) is 7.75. The summed E-state index contributed by atoms with van der Waals surface area (Å²) in [6, 6.07) is 6.63. The predicted molar refractivity (Wildman–Crippen MR) is 97.3 cm³/mol. The zero-order valence-electron chi connectivity index (χ0n) is 14.3. The summed E-state index contributed by atoms with van der Waals surface area (Å²) in [6.07, 6.45) is -0.747. The molecule has 7 nitrogen and oxygen atoms in total. The molecule has 0 aliphatic carbocycles. The smallest absolute Gasteiger partial charge is 0.346 e. The molecule has 9 heteroatoms. The topological polar surface area (TPSA) is 105 Å². The van der Waals surface area contributed by atoms with Crippen LogP contribution in [0.3, 0.4) is 0 Å². The van der Waals surface area contributed by atoms with Crippen LogP contribution in [-0.4, -0.2) is 42.1 Å². The van der Waals surface area contributed by atoms with Crippen molar-refractivity contribution in [1.82, 2.24) is 10.6 Å². The number of aliphatic carboxylic acids is 1. The van der Waals surface area contributed by atoms with Gasteiger partial charge in [0.15, 0.2) is 0 Å². The van der Waals surface area contributed by atoms with E-state index in [1.165, 1.54) is 23.5 Å². The number of ether oxygens (including phenoxy) is 1. The van der Waals surface area contributed by atoms with E-state index >= 15 is 0 Å². The van der Waals surface area contributed by atoms with Gasteiger partial charge in [0.2, 0.25) is 12.0 Å². The Balaban J connectivity index is 1.68. The molecule has 0 radical (unpaired) electrons. The Hall–Kier alpha value is -2.94. The number of carboxylic acids is 1. The lowest BCUT2D eigenvalue weighted by Crippen LogP contribution is -2.40. The molecule has 0 fully saturated rings. The highest BCUT2D eigenvalue weighted by atomic mass is 32.1. The van der Waals surface area contributed by atoms with Crippen LogP contribution in [0.2, 0.25) is 0 Å². The number of amides is 2. The van der Waals surface area contributed by atoms with Gasteiger partial charge in [0.05, 0.1) is 6.54 Å². The van der Waals surface area contributed by atoms with Crippen LogP contribution < -0.4 is 15.4 Å². The van der Waals surface area contributed by atoms with Crippen LogP contribution in [0.4, 0.5) is 4.39 Å². The number of benzene rings is 1. The second-order valence-electron chi connectivity index (χ2n) is 5.57. The minimum atomic E-state index is -1.29. The maximum Gasteiger partial charge on any atom is 0.346 e. The van der Waals surface area contributed by atoms with E-state index in [1.807, 2.05) is 0 Å². The molecule has 1 unspecified atom stereocenters. The summed E-state index contributed by atoms with van der Waals surface area (Å²) in [6.45, 7) is 0.101. The maximum absolute atomic E-state index is 12.9. The van der Waals surface area contributed by atoms with Gasteiger partial charge in [0.25, 0.3) is 5.91 Å². The third-order valence-electron chi connectivity index (χ3n) is 3.50. The van der Waals surface area contributed by atoms with E-state index in [9.17, 15) is 23.9 Å². The van der Waals surface area contributed by atoms with Crippen molar-refractivity contribution in [3.8, 4) is 5.75 Å². The minimum Gasteiger partial charge on any atom is -0.478 e. The lowest BCUT2D eigenvalue weighted by atomic mass is 10.2. The number of carbonyl (C=O) groups excluding carboxylic acids is 2. The third kappa shape index (κ3) is 7.06. The number of thiophene rings is 1. The van der Waals surface area contributed by atoms with Crippen LogP contribution in [0, 0.1) is 5.82 Å². The second-order valence-corrected chi connectivity index (χ2v) is 6.35. The summed E-state index contributed by atoms with van der Waals surface area (Å²) in [4.78, 5) is 34.8. The van der Waals surface area contributed by atoms with E-state index in [2.05, 4.69) is 10.6 Å². The predicted octanol–water partition coefficient (Wildman–Crippen LogP) is 2.05. The Morgan fingerprint density at radius 2 is 1.89 bits per heavy atom. The molecule has 1 aromatic heterocycles. The summed E-state index contributed by atoms with van der Waals surface area (Å²) in [5.41, 5.74) is 0.576. The molecule has 1 heterocycles. The van der Waals surface area contributed by atoms with Crippen molar-refractivity contribution in [2.45, 2.75) is 18.9 Å². The normalized spacial score (nSPS) is 11.4. The van der Waals surface area contributed by atoms with Crippen LogP contribution >= 0.6 is 11.3 Å². The molecule has 0 aliphatic rings. The fourth-order valence-corrected chi connectivity index (χ4v) is 2.73. The Bertz CT molecular complexity index is 765. The molecule has 0 bridgehead atoms. The fourth-order valence-electron chi connectivity index (χ4n) is 2.10. The van der Waals surface area contributed by atoms with Crippen molar-refractivity contribution in [2.75, 3.05) is 13.1 Å². The molecule has 0 saturated carbocycles. The Morgan fingerprint density at radius 1 is 1.15 bits per heavy atom. The SMILES string of the molecule is O=C(CCCNC(=O)c1ccsc1)NCC(Oc1ccc(F)cc1)C(=O)O. The third-order valence-corrected chi connectivity index (χ3v) is 4.18. The summed E-state index contributed by atoms with van der Waals surface area (Å²) in [5.74, 6) is -2.07. The lowest BCUT2D eigenvalue weighted by Gasteiger charge is -2.16. The van der Waals surface area contributed by atoms with Crippen LogP contribution in [0.1, 0.15) is 23.2 Å². The van der Waals surface area contributed by atoms with Gasteiger partial charge in [-0.25, -0.2) is 9.18 Å². The van der Waals surface area contributed by atoms with Gasteiger partial charge in [-0.2, -0.15) is 11.3 Å². The largest absolute Gasteiger partial charge is 0.478 e. The second kappa shape index (κ2) is 10.3. The lowest BCUT2D eigenvalue weighted by molar-refractivity contribution is -0.145. The average Bonchev–Trinajstić information content (AvgIpc) is 3.18. The van der Waals surface area contributed by atoms with Gasteiger partial charge < -0.3 is 20.5 Å². The highest BCUT2D eigenvalue weighted by Crippen LogP contribution is 2.13. The molecule has 1 aromatic carbocycles. The van der Waals surface area contributed by atoms with Crippen LogP contribution in [0.5, 0.6) is 5.75 Å². The minimum absolute atomic E-state index is 0.132. The quantitative estimate of drug-likeness (QED) is 0.535. The summed E-state index contributed by atoms with van der Waals surface area (Å²) < 4.78 is 18.1. The zero-order valence-corrected chi connectivity index (χ0v) is 15.1. The molecular formula is C18H19FN2O5S. The van der Waals surface area contributed by atoms with Crippen molar-refractivity contribution in [3.63, 3.8) is 0 Å². The van der Waals surface area contributed by atoms with Gasteiger partial charge in [-0.05, 0) is 42.1 Å².